The Morgan fingerprint density at radius 3 is 2.62 bits per heavy atom. The molecule has 1 aromatic heterocycles. The van der Waals surface area contributed by atoms with Crippen LogP contribution in [0.1, 0.15) is 44.6 Å². The molecule has 1 aliphatic rings. The zero-order chi connectivity index (χ0) is 11.5. The molecule has 1 atom stereocenters. The van der Waals surface area contributed by atoms with Crippen LogP contribution in [0.2, 0.25) is 0 Å². The van der Waals surface area contributed by atoms with Gasteiger partial charge in [0.1, 0.15) is 10.8 Å². The molecule has 1 unspecified atom stereocenters. The lowest BCUT2D eigenvalue weighted by Gasteiger charge is -2.28. The fourth-order valence-electron chi connectivity index (χ4n) is 2.44. The van der Waals surface area contributed by atoms with Crippen LogP contribution in [0.5, 0.6) is 0 Å². The van der Waals surface area contributed by atoms with Crippen molar-refractivity contribution < 1.29 is 0 Å². The summed E-state index contributed by atoms with van der Waals surface area (Å²) < 4.78 is 4.17. The van der Waals surface area contributed by atoms with Crippen molar-refractivity contribution in [1.29, 1.82) is 0 Å². The van der Waals surface area contributed by atoms with E-state index in [1.807, 2.05) is 6.92 Å². The van der Waals surface area contributed by atoms with E-state index in [0.29, 0.717) is 11.9 Å². The van der Waals surface area contributed by atoms with Crippen molar-refractivity contribution in [3.05, 3.63) is 5.56 Å². The Balaban J connectivity index is 1.95. The van der Waals surface area contributed by atoms with Gasteiger partial charge in [-0.15, -0.1) is 0 Å². The third-order valence-corrected chi connectivity index (χ3v) is 4.57. The molecule has 0 aromatic carbocycles. The molecule has 0 radical (unpaired) electrons. The Morgan fingerprint density at radius 2 is 2.06 bits per heavy atom. The monoisotopic (exact) mass is 239 g/mol. The Bertz CT molecular complexity index is 342. The summed E-state index contributed by atoms with van der Waals surface area (Å²) in [4.78, 5) is 0. The van der Waals surface area contributed by atoms with Crippen molar-refractivity contribution in [2.24, 2.45) is 5.92 Å². The average Bonchev–Trinajstić information content (AvgIpc) is 2.62. The molecule has 0 aliphatic heterocycles. The number of anilines is 2. The van der Waals surface area contributed by atoms with Crippen molar-refractivity contribution >= 4 is 22.4 Å². The number of nitrogens with one attached hydrogen (secondary N) is 1. The molecular formula is C12H21N3S. The van der Waals surface area contributed by atoms with Gasteiger partial charge in [-0.25, -0.2) is 0 Å². The minimum Gasteiger partial charge on any atom is -0.383 e. The quantitative estimate of drug-likeness (QED) is 0.849. The second kappa shape index (κ2) is 5.04. The van der Waals surface area contributed by atoms with Gasteiger partial charge in [0.05, 0.1) is 0 Å². The first-order valence-electron chi connectivity index (χ1n) is 6.16. The van der Waals surface area contributed by atoms with Crippen molar-refractivity contribution in [2.45, 2.75) is 52.0 Å². The molecule has 3 N–H and O–H groups in total. The SMILES string of the molecule is Cc1c(N)nsc1NC(C)C1CCCCC1. The molecular weight excluding hydrogens is 218 g/mol. The summed E-state index contributed by atoms with van der Waals surface area (Å²) in [6.45, 7) is 4.32. The Labute approximate surface area is 102 Å². The maximum Gasteiger partial charge on any atom is 0.142 e. The van der Waals surface area contributed by atoms with Crippen molar-refractivity contribution in [3.63, 3.8) is 0 Å². The van der Waals surface area contributed by atoms with Gasteiger partial charge >= 0.3 is 0 Å². The van der Waals surface area contributed by atoms with Gasteiger partial charge in [-0.2, -0.15) is 4.37 Å². The highest BCUT2D eigenvalue weighted by Gasteiger charge is 2.21. The van der Waals surface area contributed by atoms with Crippen LogP contribution in [0.15, 0.2) is 0 Å². The molecule has 4 heteroatoms. The van der Waals surface area contributed by atoms with Crippen molar-refractivity contribution in [2.75, 3.05) is 11.1 Å². The number of rotatable bonds is 3. The lowest BCUT2D eigenvalue weighted by atomic mass is 9.84. The second-order valence-corrected chi connectivity index (χ2v) is 5.63. The minimum atomic E-state index is 0.541. The predicted molar refractivity (Wildman–Crippen MR) is 70.9 cm³/mol. The third kappa shape index (κ3) is 2.48. The number of aromatic nitrogens is 1. The lowest BCUT2D eigenvalue weighted by Crippen LogP contribution is -2.27. The molecule has 3 nitrogen and oxygen atoms in total. The number of nitrogens with two attached hydrogens (primary N) is 1. The van der Waals surface area contributed by atoms with Gasteiger partial charge in [-0.1, -0.05) is 19.3 Å². The van der Waals surface area contributed by atoms with Gasteiger partial charge in [0.15, 0.2) is 0 Å². The van der Waals surface area contributed by atoms with E-state index in [9.17, 15) is 0 Å². The topological polar surface area (TPSA) is 50.9 Å². The van der Waals surface area contributed by atoms with Crippen LogP contribution in [0, 0.1) is 12.8 Å². The highest BCUT2D eigenvalue weighted by Crippen LogP contribution is 2.31. The Morgan fingerprint density at radius 1 is 1.38 bits per heavy atom. The fourth-order valence-corrected chi connectivity index (χ4v) is 3.25. The predicted octanol–water partition coefficient (Wildman–Crippen LogP) is 3.41. The molecule has 1 fully saturated rings. The maximum absolute atomic E-state index is 5.75. The van der Waals surface area contributed by atoms with Gasteiger partial charge in [-0.3, -0.25) is 0 Å². The first-order chi connectivity index (χ1) is 7.68. The highest BCUT2D eigenvalue weighted by molar-refractivity contribution is 7.10. The standard InChI is InChI=1S/C12H21N3S/c1-8-11(13)15-16-12(8)14-9(2)10-6-4-3-5-7-10/h9-10,14H,3-7H2,1-2H3,(H2,13,15). The van der Waals surface area contributed by atoms with Crippen LogP contribution < -0.4 is 11.1 Å². The molecule has 1 saturated carbocycles. The number of nitrogens with zero attached hydrogens (tertiary/aromatic N) is 1. The zero-order valence-electron chi connectivity index (χ0n) is 10.1. The van der Waals surface area contributed by atoms with Crippen molar-refractivity contribution in [1.82, 2.24) is 4.37 Å². The number of hydrogen-bond donors (Lipinski definition) is 2. The normalized spacial score (nSPS) is 19.6. The molecule has 0 spiro atoms. The summed E-state index contributed by atoms with van der Waals surface area (Å²) in [5.74, 6) is 1.49. The maximum atomic E-state index is 5.75. The molecule has 2 rings (SSSR count). The molecule has 1 heterocycles. The fraction of sp³-hybridized carbons (Fsp3) is 0.750. The number of nitrogen functional groups attached to an aromatic ring is 1. The van der Waals surface area contributed by atoms with Gasteiger partial charge in [0, 0.05) is 11.6 Å². The largest absolute Gasteiger partial charge is 0.383 e. The third-order valence-electron chi connectivity index (χ3n) is 3.68. The molecule has 0 saturated heterocycles. The second-order valence-electron chi connectivity index (χ2n) is 4.85. The van der Waals surface area contributed by atoms with E-state index < -0.39 is 0 Å². The summed E-state index contributed by atoms with van der Waals surface area (Å²) in [5.41, 5.74) is 6.86. The van der Waals surface area contributed by atoms with Crippen LogP contribution >= 0.6 is 11.5 Å². The van der Waals surface area contributed by atoms with E-state index in [1.165, 1.54) is 43.6 Å². The van der Waals surface area contributed by atoms with Gasteiger partial charge < -0.3 is 11.1 Å². The minimum absolute atomic E-state index is 0.541. The van der Waals surface area contributed by atoms with Gasteiger partial charge in [0.2, 0.25) is 0 Å². The average molecular weight is 239 g/mol. The summed E-state index contributed by atoms with van der Waals surface area (Å²) in [5, 5.41) is 4.73. The lowest BCUT2D eigenvalue weighted by molar-refractivity contribution is 0.328. The van der Waals surface area contributed by atoms with E-state index in [2.05, 4.69) is 16.6 Å². The van der Waals surface area contributed by atoms with E-state index in [4.69, 9.17) is 5.73 Å². The van der Waals surface area contributed by atoms with E-state index in [0.717, 1.165) is 16.5 Å². The number of hydrogen-bond acceptors (Lipinski definition) is 4. The smallest absolute Gasteiger partial charge is 0.142 e. The van der Waals surface area contributed by atoms with E-state index in [-0.39, 0.29) is 0 Å². The van der Waals surface area contributed by atoms with E-state index in [1.54, 1.807) is 0 Å². The van der Waals surface area contributed by atoms with Gasteiger partial charge in [-0.05, 0) is 44.1 Å². The molecule has 90 valence electrons. The van der Waals surface area contributed by atoms with Crippen LogP contribution in [0.25, 0.3) is 0 Å². The van der Waals surface area contributed by atoms with Crippen LogP contribution in [0.3, 0.4) is 0 Å². The molecule has 1 aliphatic carbocycles. The summed E-state index contributed by atoms with van der Waals surface area (Å²) in [6.07, 6.45) is 6.92. The van der Waals surface area contributed by atoms with Crippen LogP contribution in [-0.4, -0.2) is 10.4 Å². The first-order valence-corrected chi connectivity index (χ1v) is 6.94. The van der Waals surface area contributed by atoms with Crippen LogP contribution in [-0.2, 0) is 0 Å². The zero-order valence-corrected chi connectivity index (χ0v) is 10.9. The Hall–Kier alpha value is -0.770. The summed E-state index contributed by atoms with van der Waals surface area (Å²) >= 11 is 1.48. The molecule has 1 aromatic rings. The molecule has 16 heavy (non-hydrogen) atoms. The first kappa shape index (κ1) is 11.7. The summed E-state index contributed by atoms with van der Waals surface area (Å²) in [6, 6.07) is 0.541. The van der Waals surface area contributed by atoms with Crippen molar-refractivity contribution in [3.8, 4) is 0 Å². The molecule has 0 bridgehead atoms. The van der Waals surface area contributed by atoms with E-state index >= 15 is 0 Å². The Kier molecular flexibility index (Phi) is 3.69. The van der Waals surface area contributed by atoms with Gasteiger partial charge in [0.25, 0.3) is 0 Å². The van der Waals surface area contributed by atoms with Crippen LogP contribution in [0.4, 0.5) is 10.8 Å². The molecule has 0 amide bonds. The summed E-state index contributed by atoms with van der Waals surface area (Å²) in [7, 11) is 0. The highest BCUT2D eigenvalue weighted by atomic mass is 32.1.